The van der Waals surface area contributed by atoms with Crippen LogP contribution in [0.25, 0.3) is 0 Å². The largest absolute Gasteiger partial charge is 0.315 e. The molecule has 0 atom stereocenters. The standard InChI is InChI=1S/C13H21N3O2S/c1-12-4-6-13(7-5-12)15(2)19(17,18)16-10-3-8-14-9-11-16/h4-7,14H,3,8-11H2,1-2H3. The average molecular weight is 283 g/mol. The summed E-state index contributed by atoms with van der Waals surface area (Å²) in [6.07, 6.45) is 0.848. The van der Waals surface area contributed by atoms with Crippen LogP contribution in [0.1, 0.15) is 12.0 Å². The van der Waals surface area contributed by atoms with E-state index in [1.165, 1.54) is 4.31 Å². The zero-order valence-electron chi connectivity index (χ0n) is 11.5. The molecule has 1 aliphatic heterocycles. The third-order valence-corrected chi connectivity index (χ3v) is 5.29. The SMILES string of the molecule is Cc1ccc(N(C)S(=O)(=O)N2CCCNCC2)cc1. The fourth-order valence-electron chi connectivity index (χ4n) is 2.11. The predicted molar refractivity (Wildman–Crippen MR) is 77.6 cm³/mol. The molecule has 2 rings (SSSR count). The number of nitrogens with zero attached hydrogens (tertiary/aromatic N) is 2. The van der Waals surface area contributed by atoms with Crippen LogP contribution in [0.5, 0.6) is 0 Å². The van der Waals surface area contributed by atoms with E-state index in [2.05, 4.69) is 5.32 Å². The summed E-state index contributed by atoms with van der Waals surface area (Å²) >= 11 is 0. The van der Waals surface area contributed by atoms with Crippen molar-refractivity contribution >= 4 is 15.9 Å². The molecule has 0 spiro atoms. The molecular weight excluding hydrogens is 262 g/mol. The molecule has 0 amide bonds. The lowest BCUT2D eigenvalue weighted by atomic mass is 10.2. The van der Waals surface area contributed by atoms with E-state index >= 15 is 0 Å². The second-order valence-electron chi connectivity index (χ2n) is 4.81. The fourth-order valence-corrected chi connectivity index (χ4v) is 3.53. The number of hydrogen-bond acceptors (Lipinski definition) is 3. The summed E-state index contributed by atoms with van der Waals surface area (Å²) in [4.78, 5) is 0. The van der Waals surface area contributed by atoms with Crippen LogP contribution in [-0.4, -0.2) is 45.9 Å². The van der Waals surface area contributed by atoms with Crippen LogP contribution in [0, 0.1) is 6.92 Å². The van der Waals surface area contributed by atoms with Crippen molar-refractivity contribution in [2.75, 3.05) is 37.5 Å². The number of hydrogen-bond donors (Lipinski definition) is 1. The molecule has 0 radical (unpaired) electrons. The Morgan fingerprint density at radius 1 is 1.16 bits per heavy atom. The average Bonchev–Trinajstić information content (AvgIpc) is 2.68. The molecule has 0 aliphatic carbocycles. The monoisotopic (exact) mass is 283 g/mol. The van der Waals surface area contributed by atoms with Gasteiger partial charge in [-0.25, -0.2) is 0 Å². The number of aryl methyl sites for hydroxylation is 1. The van der Waals surface area contributed by atoms with Gasteiger partial charge >= 0.3 is 10.2 Å². The van der Waals surface area contributed by atoms with Gasteiger partial charge in [0.1, 0.15) is 0 Å². The first-order chi connectivity index (χ1) is 9.01. The molecule has 1 aliphatic rings. The summed E-state index contributed by atoms with van der Waals surface area (Å²) in [5.74, 6) is 0. The van der Waals surface area contributed by atoms with Crippen molar-refractivity contribution in [3.63, 3.8) is 0 Å². The van der Waals surface area contributed by atoms with E-state index in [4.69, 9.17) is 0 Å². The van der Waals surface area contributed by atoms with Gasteiger partial charge in [0.05, 0.1) is 5.69 Å². The first kappa shape index (κ1) is 14.3. The maximum absolute atomic E-state index is 12.5. The lowest BCUT2D eigenvalue weighted by molar-refractivity contribution is 0.431. The second kappa shape index (κ2) is 5.90. The van der Waals surface area contributed by atoms with Crippen LogP contribution in [0.4, 0.5) is 5.69 Å². The Labute approximate surface area is 115 Å². The van der Waals surface area contributed by atoms with Crippen LogP contribution in [0.3, 0.4) is 0 Å². The first-order valence-corrected chi connectivity index (χ1v) is 7.93. The van der Waals surface area contributed by atoms with Crippen LogP contribution >= 0.6 is 0 Å². The highest BCUT2D eigenvalue weighted by Gasteiger charge is 2.27. The maximum Gasteiger partial charge on any atom is 0.303 e. The van der Waals surface area contributed by atoms with Gasteiger partial charge in [-0.1, -0.05) is 17.7 Å². The summed E-state index contributed by atoms with van der Waals surface area (Å²) in [5.41, 5.74) is 1.82. The van der Waals surface area contributed by atoms with E-state index in [0.717, 1.165) is 18.5 Å². The van der Waals surface area contributed by atoms with Crippen molar-refractivity contribution in [3.8, 4) is 0 Å². The second-order valence-corrected chi connectivity index (χ2v) is 6.77. The van der Waals surface area contributed by atoms with Gasteiger partial charge in [-0.15, -0.1) is 0 Å². The van der Waals surface area contributed by atoms with E-state index in [9.17, 15) is 8.42 Å². The van der Waals surface area contributed by atoms with E-state index in [0.29, 0.717) is 25.3 Å². The van der Waals surface area contributed by atoms with Gasteiger partial charge in [0, 0.05) is 26.7 Å². The van der Waals surface area contributed by atoms with Gasteiger partial charge in [-0.05, 0) is 32.0 Å². The molecule has 1 aromatic rings. The minimum atomic E-state index is -3.42. The number of benzene rings is 1. The van der Waals surface area contributed by atoms with Crippen molar-refractivity contribution in [1.82, 2.24) is 9.62 Å². The number of rotatable bonds is 3. The molecular formula is C13H21N3O2S. The molecule has 5 nitrogen and oxygen atoms in total. The fraction of sp³-hybridized carbons (Fsp3) is 0.538. The van der Waals surface area contributed by atoms with Crippen molar-refractivity contribution < 1.29 is 8.42 Å². The van der Waals surface area contributed by atoms with Crippen molar-refractivity contribution in [3.05, 3.63) is 29.8 Å². The maximum atomic E-state index is 12.5. The van der Waals surface area contributed by atoms with Gasteiger partial charge in [0.15, 0.2) is 0 Å². The van der Waals surface area contributed by atoms with Crippen LogP contribution in [-0.2, 0) is 10.2 Å². The summed E-state index contributed by atoms with van der Waals surface area (Å²) in [7, 11) is -1.82. The van der Waals surface area contributed by atoms with Crippen LogP contribution in [0.2, 0.25) is 0 Å². The first-order valence-electron chi connectivity index (χ1n) is 6.53. The number of anilines is 1. The molecule has 0 bridgehead atoms. The Morgan fingerprint density at radius 2 is 1.84 bits per heavy atom. The minimum absolute atomic E-state index is 0.526. The summed E-state index contributed by atoms with van der Waals surface area (Å²) in [6.45, 7) is 4.67. The topological polar surface area (TPSA) is 52.7 Å². The highest BCUT2D eigenvalue weighted by molar-refractivity contribution is 7.90. The molecule has 6 heteroatoms. The summed E-state index contributed by atoms with van der Waals surface area (Å²) in [6, 6.07) is 7.52. The van der Waals surface area contributed by atoms with Crippen molar-refractivity contribution in [2.24, 2.45) is 0 Å². The van der Waals surface area contributed by atoms with E-state index in [-0.39, 0.29) is 0 Å². The smallest absolute Gasteiger partial charge is 0.303 e. The molecule has 1 heterocycles. The molecule has 0 saturated carbocycles. The highest BCUT2D eigenvalue weighted by atomic mass is 32.2. The van der Waals surface area contributed by atoms with Crippen LogP contribution in [0.15, 0.2) is 24.3 Å². The van der Waals surface area contributed by atoms with Gasteiger partial charge in [0.25, 0.3) is 0 Å². The quantitative estimate of drug-likeness (QED) is 0.899. The van der Waals surface area contributed by atoms with Crippen molar-refractivity contribution in [1.29, 1.82) is 0 Å². The lowest BCUT2D eigenvalue weighted by Gasteiger charge is -2.27. The van der Waals surface area contributed by atoms with Gasteiger partial charge in [0.2, 0.25) is 0 Å². The Bertz CT molecular complexity index is 505. The summed E-state index contributed by atoms with van der Waals surface area (Å²) in [5, 5.41) is 3.21. The Hall–Kier alpha value is -1.11. The highest BCUT2D eigenvalue weighted by Crippen LogP contribution is 2.19. The van der Waals surface area contributed by atoms with Crippen molar-refractivity contribution in [2.45, 2.75) is 13.3 Å². The van der Waals surface area contributed by atoms with Gasteiger partial charge in [-0.3, -0.25) is 4.31 Å². The third kappa shape index (κ3) is 3.26. The molecule has 106 valence electrons. The molecule has 1 aromatic carbocycles. The Kier molecular flexibility index (Phi) is 4.44. The van der Waals surface area contributed by atoms with Gasteiger partial charge in [-0.2, -0.15) is 12.7 Å². The zero-order chi connectivity index (χ0) is 13.9. The Balaban J connectivity index is 2.20. The van der Waals surface area contributed by atoms with E-state index in [1.54, 1.807) is 11.4 Å². The van der Waals surface area contributed by atoms with E-state index in [1.807, 2.05) is 31.2 Å². The van der Waals surface area contributed by atoms with Crippen LogP contribution < -0.4 is 9.62 Å². The molecule has 0 aromatic heterocycles. The molecule has 0 unspecified atom stereocenters. The third-order valence-electron chi connectivity index (χ3n) is 3.37. The molecule has 1 fully saturated rings. The van der Waals surface area contributed by atoms with E-state index < -0.39 is 10.2 Å². The zero-order valence-corrected chi connectivity index (χ0v) is 12.3. The molecule has 19 heavy (non-hydrogen) atoms. The predicted octanol–water partition coefficient (Wildman–Crippen LogP) is 0.971. The lowest BCUT2D eigenvalue weighted by Crippen LogP contribution is -2.43. The summed E-state index contributed by atoms with van der Waals surface area (Å²) < 4.78 is 28.0. The Morgan fingerprint density at radius 3 is 2.53 bits per heavy atom. The molecule has 1 saturated heterocycles. The normalized spacial score (nSPS) is 18.0. The number of nitrogens with one attached hydrogen (secondary N) is 1. The molecule has 1 N–H and O–H groups in total. The minimum Gasteiger partial charge on any atom is -0.315 e. The van der Waals surface area contributed by atoms with Gasteiger partial charge < -0.3 is 5.32 Å².